The molecule has 3 aliphatic rings. The van der Waals surface area contributed by atoms with Crippen LogP contribution in [0.4, 0.5) is 11.5 Å². The number of carbonyl (C=O) groups excluding carboxylic acids is 1. The molecule has 2 saturated heterocycles. The van der Waals surface area contributed by atoms with E-state index >= 15 is 0 Å². The van der Waals surface area contributed by atoms with Crippen LogP contribution >= 0.6 is 0 Å². The van der Waals surface area contributed by atoms with Crippen molar-refractivity contribution < 1.29 is 9.53 Å². The highest BCUT2D eigenvalue weighted by Crippen LogP contribution is 2.34. The second-order valence-corrected chi connectivity index (χ2v) is 10.5. The second kappa shape index (κ2) is 10.6. The maximum absolute atomic E-state index is 12.1. The van der Waals surface area contributed by atoms with Crippen molar-refractivity contribution in [3.8, 4) is 6.01 Å². The van der Waals surface area contributed by atoms with E-state index in [-0.39, 0.29) is 5.91 Å². The number of benzene rings is 2. The number of amides is 1. The third-order valence-corrected chi connectivity index (χ3v) is 8.27. The van der Waals surface area contributed by atoms with E-state index in [9.17, 15) is 4.79 Å². The number of anilines is 2. The van der Waals surface area contributed by atoms with Gasteiger partial charge in [-0.3, -0.25) is 4.79 Å². The predicted octanol–water partition coefficient (Wildman–Crippen LogP) is 3.50. The maximum atomic E-state index is 12.1. The van der Waals surface area contributed by atoms with E-state index in [0.29, 0.717) is 38.3 Å². The molecule has 1 aromatic heterocycles. The molecule has 0 bridgehead atoms. The molecule has 0 unspecified atom stereocenters. The number of hydrogen-bond donors (Lipinski definition) is 0. The number of hydrogen-bond acceptors (Lipinski definition) is 7. The fraction of sp³-hybridized carbons (Fsp3) is 0.433. The fourth-order valence-electron chi connectivity index (χ4n) is 6.03. The first-order chi connectivity index (χ1) is 18.6. The van der Waals surface area contributed by atoms with Gasteiger partial charge in [-0.15, -0.1) is 0 Å². The van der Waals surface area contributed by atoms with Gasteiger partial charge in [0, 0.05) is 55.4 Å². The highest BCUT2D eigenvalue weighted by Gasteiger charge is 2.29. The van der Waals surface area contributed by atoms with Crippen molar-refractivity contribution >= 4 is 28.2 Å². The van der Waals surface area contributed by atoms with Crippen molar-refractivity contribution in [1.82, 2.24) is 19.8 Å². The van der Waals surface area contributed by atoms with E-state index in [1.54, 1.807) is 0 Å². The van der Waals surface area contributed by atoms with Gasteiger partial charge in [-0.2, -0.15) is 9.97 Å². The molecular formula is C30H36N6O2. The van der Waals surface area contributed by atoms with Crippen LogP contribution in [0.3, 0.4) is 0 Å². The van der Waals surface area contributed by atoms with Crippen molar-refractivity contribution in [3.05, 3.63) is 66.4 Å². The van der Waals surface area contributed by atoms with Crippen LogP contribution in [0.15, 0.2) is 55.1 Å². The Hall–Kier alpha value is -3.65. The lowest BCUT2D eigenvalue weighted by atomic mass is 10.0. The minimum Gasteiger partial charge on any atom is -0.462 e. The number of fused-ring (bicyclic) bond motifs is 2. The quantitative estimate of drug-likeness (QED) is 0.469. The maximum Gasteiger partial charge on any atom is 0.318 e. The van der Waals surface area contributed by atoms with Gasteiger partial charge in [0.1, 0.15) is 12.4 Å². The van der Waals surface area contributed by atoms with Gasteiger partial charge in [-0.25, -0.2) is 0 Å². The molecule has 4 heterocycles. The van der Waals surface area contributed by atoms with E-state index in [1.807, 2.05) is 4.90 Å². The molecule has 2 fully saturated rings. The topological polar surface area (TPSA) is 65.0 Å². The largest absolute Gasteiger partial charge is 0.462 e. The number of carbonyl (C=O) groups is 1. The van der Waals surface area contributed by atoms with Gasteiger partial charge in [0.15, 0.2) is 0 Å². The molecule has 6 rings (SSSR count). The molecule has 0 saturated carbocycles. The smallest absolute Gasteiger partial charge is 0.318 e. The minimum absolute atomic E-state index is 0.00944. The summed E-state index contributed by atoms with van der Waals surface area (Å²) >= 11 is 0. The van der Waals surface area contributed by atoms with Crippen LogP contribution < -0.4 is 14.5 Å². The minimum atomic E-state index is -0.00944. The first kappa shape index (κ1) is 24.7. The third kappa shape index (κ3) is 4.80. The summed E-state index contributed by atoms with van der Waals surface area (Å²) < 4.78 is 6.26. The molecular weight excluding hydrogens is 476 g/mol. The molecule has 0 aliphatic carbocycles. The van der Waals surface area contributed by atoms with Crippen molar-refractivity contribution in [2.24, 2.45) is 0 Å². The lowest BCUT2D eigenvalue weighted by Gasteiger charge is -2.38. The van der Waals surface area contributed by atoms with Crippen LogP contribution in [0.2, 0.25) is 0 Å². The van der Waals surface area contributed by atoms with E-state index in [4.69, 9.17) is 14.7 Å². The Bertz CT molecular complexity index is 1330. The molecule has 1 atom stereocenters. The van der Waals surface area contributed by atoms with Crippen LogP contribution in [0, 0.1) is 0 Å². The standard InChI is InChI=1S/C30H36N6O2/c1-3-28(37)34-16-18-35(19-17-34)29-25-13-15-36(27-12-6-9-22-8-4-5-11-24(22)27)20-26(25)31-30(32-29)38-21-23-10-7-14-33(23)2/h3-6,8-9,11-12,23H,1,7,10,13-21H2,2H3/t23-/m1/s1. The number of ether oxygens (including phenoxy) is 1. The van der Waals surface area contributed by atoms with Gasteiger partial charge >= 0.3 is 6.01 Å². The van der Waals surface area contributed by atoms with E-state index in [0.717, 1.165) is 50.5 Å². The average molecular weight is 513 g/mol. The lowest BCUT2D eigenvalue weighted by molar-refractivity contribution is -0.126. The molecule has 0 radical (unpaired) electrons. The average Bonchev–Trinajstić information content (AvgIpc) is 3.39. The Morgan fingerprint density at radius 3 is 2.63 bits per heavy atom. The van der Waals surface area contributed by atoms with Gasteiger partial charge in [0.25, 0.3) is 0 Å². The zero-order valence-corrected chi connectivity index (χ0v) is 22.2. The number of likely N-dealkylation sites (tertiary alicyclic amines) is 1. The van der Waals surface area contributed by atoms with Gasteiger partial charge < -0.3 is 24.3 Å². The number of likely N-dealkylation sites (N-methyl/N-ethyl adjacent to an activating group) is 1. The second-order valence-electron chi connectivity index (χ2n) is 10.5. The summed E-state index contributed by atoms with van der Waals surface area (Å²) in [6, 6.07) is 15.9. The van der Waals surface area contributed by atoms with Crippen molar-refractivity contribution in [1.29, 1.82) is 0 Å². The van der Waals surface area contributed by atoms with Crippen LogP contribution in [-0.4, -0.2) is 84.6 Å². The predicted molar refractivity (Wildman–Crippen MR) is 151 cm³/mol. The van der Waals surface area contributed by atoms with Crippen molar-refractivity contribution in [3.63, 3.8) is 0 Å². The lowest BCUT2D eigenvalue weighted by Crippen LogP contribution is -2.49. The van der Waals surface area contributed by atoms with Crippen LogP contribution in [0.25, 0.3) is 10.8 Å². The number of nitrogens with zero attached hydrogens (tertiary/aromatic N) is 6. The first-order valence-electron chi connectivity index (χ1n) is 13.7. The van der Waals surface area contributed by atoms with Gasteiger partial charge in [-0.1, -0.05) is 43.0 Å². The fourth-order valence-corrected chi connectivity index (χ4v) is 6.03. The molecule has 3 aromatic rings. The normalized spacial score (nSPS) is 20.0. The molecule has 0 N–H and O–H groups in total. The Morgan fingerprint density at radius 2 is 1.84 bits per heavy atom. The molecule has 38 heavy (non-hydrogen) atoms. The molecule has 3 aliphatic heterocycles. The summed E-state index contributed by atoms with van der Waals surface area (Å²) in [5, 5.41) is 2.51. The van der Waals surface area contributed by atoms with Crippen molar-refractivity contribution in [2.45, 2.75) is 31.8 Å². The zero-order chi connectivity index (χ0) is 26.1. The Morgan fingerprint density at radius 1 is 1.03 bits per heavy atom. The first-order valence-corrected chi connectivity index (χ1v) is 13.7. The Labute approximate surface area is 224 Å². The van der Waals surface area contributed by atoms with E-state index in [2.05, 4.69) is 70.8 Å². The molecule has 198 valence electrons. The summed E-state index contributed by atoms with van der Waals surface area (Å²) in [6.45, 7) is 9.77. The Kier molecular flexibility index (Phi) is 6.89. The highest BCUT2D eigenvalue weighted by atomic mass is 16.5. The van der Waals surface area contributed by atoms with Crippen LogP contribution in [0.1, 0.15) is 24.1 Å². The van der Waals surface area contributed by atoms with Crippen LogP contribution in [-0.2, 0) is 17.8 Å². The van der Waals surface area contributed by atoms with E-state index < -0.39 is 0 Å². The number of aromatic nitrogens is 2. The van der Waals surface area contributed by atoms with Crippen molar-refractivity contribution in [2.75, 3.05) is 62.7 Å². The zero-order valence-electron chi connectivity index (χ0n) is 22.2. The van der Waals surface area contributed by atoms with E-state index in [1.165, 1.54) is 34.5 Å². The van der Waals surface area contributed by atoms with Gasteiger partial charge in [0.05, 0.1) is 12.2 Å². The Balaban J connectivity index is 1.30. The number of piperazine rings is 1. The van der Waals surface area contributed by atoms with Gasteiger partial charge in [0.2, 0.25) is 5.91 Å². The summed E-state index contributed by atoms with van der Waals surface area (Å²) in [7, 11) is 2.16. The summed E-state index contributed by atoms with van der Waals surface area (Å²) in [4.78, 5) is 31.0. The van der Waals surface area contributed by atoms with Crippen LogP contribution in [0.5, 0.6) is 6.01 Å². The molecule has 8 nitrogen and oxygen atoms in total. The monoisotopic (exact) mass is 512 g/mol. The third-order valence-electron chi connectivity index (χ3n) is 8.27. The summed E-state index contributed by atoms with van der Waals surface area (Å²) in [5.74, 6) is 0.956. The molecule has 0 spiro atoms. The molecule has 8 heteroatoms. The molecule has 2 aromatic carbocycles. The van der Waals surface area contributed by atoms with Gasteiger partial charge in [-0.05, 0) is 50.4 Å². The summed E-state index contributed by atoms with van der Waals surface area (Å²) in [5.41, 5.74) is 3.48. The SMILES string of the molecule is C=CC(=O)N1CCN(c2nc(OC[C@H]3CCCN3C)nc3c2CCN(c2cccc4ccccc24)C3)CC1. The molecule has 1 amide bonds. The highest BCUT2D eigenvalue weighted by molar-refractivity contribution is 5.94. The number of rotatable bonds is 6. The summed E-state index contributed by atoms with van der Waals surface area (Å²) in [6.07, 6.45) is 4.61.